The zero-order valence-electron chi connectivity index (χ0n) is 14.2. The molecule has 0 amide bonds. The van der Waals surface area contributed by atoms with Gasteiger partial charge in [0.05, 0.1) is 25.4 Å². The summed E-state index contributed by atoms with van der Waals surface area (Å²) in [6.07, 6.45) is 17.9. The summed E-state index contributed by atoms with van der Waals surface area (Å²) in [6.45, 7) is 3.89. The molecule has 0 aromatic rings. The molecule has 2 aliphatic heterocycles. The third-order valence-corrected chi connectivity index (χ3v) is 5.66. The van der Waals surface area contributed by atoms with E-state index in [9.17, 15) is 0 Å². The van der Waals surface area contributed by atoms with Crippen molar-refractivity contribution in [3.63, 3.8) is 0 Å². The van der Waals surface area contributed by atoms with Crippen LogP contribution in [0.5, 0.6) is 0 Å². The Morgan fingerprint density at radius 2 is 1.05 bits per heavy atom. The van der Waals surface area contributed by atoms with Gasteiger partial charge in [-0.1, -0.05) is 64.2 Å². The smallest absolute Gasteiger partial charge is 0.0933 e. The van der Waals surface area contributed by atoms with Crippen molar-refractivity contribution in [2.24, 2.45) is 11.8 Å². The van der Waals surface area contributed by atoms with Crippen molar-refractivity contribution in [2.75, 3.05) is 26.3 Å². The predicted molar refractivity (Wildman–Crippen MR) is 90.1 cm³/mol. The second-order valence-electron chi connectivity index (χ2n) is 7.81. The molecule has 0 aromatic carbocycles. The van der Waals surface area contributed by atoms with Gasteiger partial charge in [0.1, 0.15) is 0 Å². The largest absolute Gasteiger partial charge is 0.372 e. The van der Waals surface area contributed by atoms with E-state index in [1.165, 1.54) is 38.5 Å². The quantitative estimate of drug-likeness (QED) is 0.756. The zero-order chi connectivity index (χ0) is 15.0. The first-order valence-electron chi connectivity index (χ1n) is 9.84. The Labute approximate surface area is 136 Å². The molecule has 3 nitrogen and oxygen atoms in total. The van der Waals surface area contributed by atoms with Crippen LogP contribution in [0.4, 0.5) is 0 Å². The van der Waals surface area contributed by atoms with Crippen LogP contribution in [0.3, 0.4) is 0 Å². The summed E-state index contributed by atoms with van der Waals surface area (Å²) in [6, 6.07) is 0. The number of ether oxygens (including phenoxy) is 2. The van der Waals surface area contributed by atoms with Gasteiger partial charge in [-0.25, -0.2) is 0 Å². The number of rotatable bonds is 6. The first kappa shape index (κ1) is 16.7. The molecule has 2 saturated carbocycles. The third kappa shape index (κ3) is 6.97. The molecule has 2 aliphatic carbocycles. The second-order valence-corrected chi connectivity index (χ2v) is 7.81. The van der Waals surface area contributed by atoms with Crippen LogP contribution >= 0.6 is 0 Å². The van der Waals surface area contributed by atoms with Crippen molar-refractivity contribution < 1.29 is 9.47 Å². The fraction of sp³-hybridized carbons (Fsp3) is 1.00. The van der Waals surface area contributed by atoms with Crippen molar-refractivity contribution in [1.82, 2.24) is 5.32 Å². The minimum absolute atomic E-state index is 0.503. The van der Waals surface area contributed by atoms with Crippen molar-refractivity contribution in [3.8, 4) is 0 Å². The van der Waals surface area contributed by atoms with Crippen LogP contribution < -0.4 is 5.32 Å². The van der Waals surface area contributed by atoms with Gasteiger partial charge in [-0.3, -0.25) is 0 Å². The lowest BCUT2D eigenvalue weighted by molar-refractivity contribution is 0.244. The molecule has 1 N–H and O–H groups in total. The van der Waals surface area contributed by atoms with Crippen LogP contribution in [0.25, 0.3) is 0 Å². The van der Waals surface area contributed by atoms with E-state index in [2.05, 4.69) is 5.32 Å². The van der Waals surface area contributed by atoms with Crippen LogP contribution in [0, 0.1) is 11.8 Å². The van der Waals surface area contributed by atoms with Gasteiger partial charge in [-0.05, 0) is 18.3 Å². The number of hydrogen-bond donors (Lipinski definition) is 1. The lowest BCUT2D eigenvalue weighted by Gasteiger charge is -2.28. The molecule has 4 aliphatic rings. The Bertz CT molecular complexity index is 262. The van der Waals surface area contributed by atoms with E-state index in [-0.39, 0.29) is 0 Å². The molecule has 0 bridgehead atoms. The number of nitrogens with one attached hydrogen (secondary N) is 1. The van der Waals surface area contributed by atoms with Crippen molar-refractivity contribution in [1.29, 1.82) is 0 Å². The summed E-state index contributed by atoms with van der Waals surface area (Å²) in [5, 5.41) is 3.26. The van der Waals surface area contributed by atoms with E-state index < -0.39 is 0 Å². The lowest BCUT2D eigenvalue weighted by atomic mass is 9.78. The first-order valence-corrected chi connectivity index (χ1v) is 9.84. The average Bonchev–Trinajstić information content (AvgIpc) is 3.46. The number of hydrogen-bond acceptors (Lipinski definition) is 3. The molecule has 0 aromatic heterocycles. The normalized spacial score (nSPS) is 32.2. The highest BCUT2D eigenvalue weighted by molar-refractivity contribution is 4.76. The maximum atomic E-state index is 5.01. The van der Waals surface area contributed by atoms with E-state index in [4.69, 9.17) is 9.47 Å². The lowest BCUT2D eigenvalue weighted by Crippen LogP contribution is -2.24. The van der Waals surface area contributed by atoms with Crippen molar-refractivity contribution in [3.05, 3.63) is 0 Å². The molecule has 0 radical (unpaired) electrons. The Hall–Kier alpha value is -0.120. The van der Waals surface area contributed by atoms with Gasteiger partial charge in [0.25, 0.3) is 0 Å². The molecule has 0 spiro atoms. The Morgan fingerprint density at radius 1 is 0.636 bits per heavy atom. The summed E-state index contributed by atoms with van der Waals surface area (Å²) in [7, 11) is 0. The summed E-state index contributed by atoms with van der Waals surface area (Å²) in [4.78, 5) is 0. The fourth-order valence-corrected chi connectivity index (χ4v) is 4.09. The monoisotopic (exact) mass is 309 g/mol. The minimum atomic E-state index is 0.503. The van der Waals surface area contributed by atoms with Gasteiger partial charge in [-0.2, -0.15) is 0 Å². The molecule has 2 unspecified atom stereocenters. The zero-order valence-corrected chi connectivity index (χ0v) is 14.2. The van der Waals surface area contributed by atoms with Gasteiger partial charge in [0.15, 0.2) is 0 Å². The number of epoxide rings is 2. The van der Waals surface area contributed by atoms with Crippen molar-refractivity contribution >= 4 is 0 Å². The maximum absolute atomic E-state index is 5.01. The van der Waals surface area contributed by atoms with Gasteiger partial charge < -0.3 is 14.8 Å². The molecule has 2 heterocycles. The second kappa shape index (κ2) is 9.24. The van der Waals surface area contributed by atoms with Crippen LogP contribution in [0.15, 0.2) is 0 Å². The SMILES string of the molecule is C(NCC1CO1)C1CO1.C1CCC(CC2CCCCC2)CC1. The molecule has 2 atom stereocenters. The van der Waals surface area contributed by atoms with Crippen LogP contribution in [0.2, 0.25) is 0 Å². The first-order chi connectivity index (χ1) is 10.9. The van der Waals surface area contributed by atoms with Crippen LogP contribution in [0.1, 0.15) is 70.6 Å². The van der Waals surface area contributed by atoms with Gasteiger partial charge in [0.2, 0.25) is 0 Å². The van der Waals surface area contributed by atoms with Gasteiger partial charge >= 0.3 is 0 Å². The van der Waals surface area contributed by atoms with E-state index in [1.807, 2.05) is 0 Å². The van der Waals surface area contributed by atoms with Crippen LogP contribution in [-0.2, 0) is 9.47 Å². The van der Waals surface area contributed by atoms with Gasteiger partial charge in [-0.15, -0.1) is 0 Å². The highest BCUT2D eigenvalue weighted by atomic mass is 16.6. The highest BCUT2D eigenvalue weighted by Gasteiger charge is 2.25. The topological polar surface area (TPSA) is 37.1 Å². The summed E-state index contributed by atoms with van der Waals surface area (Å²) in [5.74, 6) is 2.24. The Morgan fingerprint density at radius 3 is 1.41 bits per heavy atom. The highest BCUT2D eigenvalue weighted by Crippen LogP contribution is 2.34. The molecule has 22 heavy (non-hydrogen) atoms. The molecular weight excluding hydrogens is 274 g/mol. The summed E-state index contributed by atoms with van der Waals surface area (Å²) in [5.41, 5.74) is 0. The van der Waals surface area contributed by atoms with E-state index >= 15 is 0 Å². The summed E-state index contributed by atoms with van der Waals surface area (Å²) < 4.78 is 10.0. The molecular formula is C19H35NO2. The van der Waals surface area contributed by atoms with Crippen LogP contribution in [-0.4, -0.2) is 38.5 Å². The standard InChI is InChI=1S/C13H24.C6H11NO2/c1-3-7-12(8-4-1)11-13-9-5-2-6-10-13;1(5-3-8-5)7-2-6-4-9-6/h12-13H,1-11H2;5-7H,1-4H2. The van der Waals surface area contributed by atoms with Gasteiger partial charge in [0, 0.05) is 13.1 Å². The molecule has 3 heteroatoms. The molecule has 4 fully saturated rings. The minimum Gasteiger partial charge on any atom is -0.372 e. The fourth-order valence-electron chi connectivity index (χ4n) is 4.09. The van der Waals surface area contributed by atoms with E-state index in [0.717, 1.165) is 38.1 Å². The predicted octanol–water partition coefficient (Wildman–Crippen LogP) is 3.91. The molecule has 128 valence electrons. The van der Waals surface area contributed by atoms with Crippen molar-refractivity contribution in [2.45, 2.75) is 82.8 Å². The Kier molecular flexibility index (Phi) is 7.03. The summed E-state index contributed by atoms with van der Waals surface area (Å²) >= 11 is 0. The maximum Gasteiger partial charge on any atom is 0.0933 e. The molecule has 4 rings (SSSR count). The third-order valence-electron chi connectivity index (χ3n) is 5.66. The Balaban J connectivity index is 0.000000139. The van der Waals surface area contributed by atoms with E-state index in [0.29, 0.717) is 12.2 Å². The average molecular weight is 309 g/mol. The molecule has 2 saturated heterocycles. The van der Waals surface area contributed by atoms with E-state index in [1.54, 1.807) is 32.1 Å².